The third-order valence-corrected chi connectivity index (χ3v) is 4.50. The number of aryl methyl sites for hydroxylation is 2. The molecule has 0 saturated heterocycles. The number of aliphatic hydroxyl groups excluding tert-OH is 1. The van der Waals surface area contributed by atoms with E-state index in [1.54, 1.807) is 11.3 Å². The molecule has 1 aromatic heterocycles. The molecule has 0 saturated carbocycles. The molecule has 0 fully saturated rings. The van der Waals surface area contributed by atoms with Crippen molar-refractivity contribution in [1.82, 2.24) is 5.32 Å². The molecule has 4 heteroatoms. The number of hydrogen-bond acceptors (Lipinski definition) is 3. The Hall–Kier alpha value is -0.870. The van der Waals surface area contributed by atoms with Crippen molar-refractivity contribution in [3.8, 4) is 0 Å². The van der Waals surface area contributed by atoms with E-state index in [9.17, 15) is 4.79 Å². The highest BCUT2D eigenvalue weighted by Gasteiger charge is 2.18. The van der Waals surface area contributed by atoms with E-state index in [-0.39, 0.29) is 18.6 Å². The molecule has 17 heavy (non-hydrogen) atoms. The summed E-state index contributed by atoms with van der Waals surface area (Å²) in [5, 5.41) is 11.9. The van der Waals surface area contributed by atoms with Crippen LogP contribution >= 0.6 is 11.3 Å². The second kappa shape index (κ2) is 5.65. The quantitative estimate of drug-likeness (QED) is 0.863. The number of amides is 1. The zero-order chi connectivity index (χ0) is 12.3. The molecule has 1 unspecified atom stereocenters. The van der Waals surface area contributed by atoms with Crippen molar-refractivity contribution >= 4 is 17.2 Å². The summed E-state index contributed by atoms with van der Waals surface area (Å²) < 4.78 is 0. The monoisotopic (exact) mass is 253 g/mol. The van der Waals surface area contributed by atoms with Crippen molar-refractivity contribution in [1.29, 1.82) is 0 Å². The van der Waals surface area contributed by atoms with E-state index < -0.39 is 0 Å². The third kappa shape index (κ3) is 2.87. The Morgan fingerprint density at radius 1 is 1.53 bits per heavy atom. The van der Waals surface area contributed by atoms with Crippen LogP contribution in [-0.4, -0.2) is 23.7 Å². The van der Waals surface area contributed by atoms with Crippen molar-refractivity contribution in [3.63, 3.8) is 0 Å². The predicted octanol–water partition coefficient (Wildman–Crippen LogP) is 2.13. The summed E-state index contributed by atoms with van der Waals surface area (Å²) in [4.78, 5) is 14.1. The van der Waals surface area contributed by atoms with E-state index in [0.717, 1.165) is 24.1 Å². The topological polar surface area (TPSA) is 49.3 Å². The van der Waals surface area contributed by atoms with Crippen LogP contribution in [0.3, 0.4) is 0 Å². The van der Waals surface area contributed by atoms with Gasteiger partial charge in [0.1, 0.15) is 0 Å². The highest BCUT2D eigenvalue weighted by Crippen LogP contribution is 2.29. The van der Waals surface area contributed by atoms with Gasteiger partial charge in [-0.25, -0.2) is 0 Å². The summed E-state index contributed by atoms with van der Waals surface area (Å²) in [5.41, 5.74) is 1.35. The molecular weight excluding hydrogens is 234 g/mol. The second-order valence-electron chi connectivity index (χ2n) is 4.53. The molecule has 0 radical (unpaired) electrons. The average molecular weight is 253 g/mol. The average Bonchev–Trinajstić information content (AvgIpc) is 2.79. The van der Waals surface area contributed by atoms with Gasteiger partial charge in [0.05, 0.1) is 17.5 Å². The van der Waals surface area contributed by atoms with Crippen molar-refractivity contribution in [2.75, 3.05) is 6.61 Å². The van der Waals surface area contributed by atoms with Crippen LogP contribution in [0.25, 0.3) is 0 Å². The summed E-state index contributed by atoms with van der Waals surface area (Å²) in [6.45, 7) is 1.97. The van der Waals surface area contributed by atoms with E-state index in [1.807, 2.05) is 13.0 Å². The van der Waals surface area contributed by atoms with Gasteiger partial charge >= 0.3 is 0 Å². The smallest absolute Gasteiger partial charge is 0.261 e. The molecule has 0 aliphatic heterocycles. The fourth-order valence-corrected chi connectivity index (χ4v) is 3.29. The Balaban J connectivity index is 2.06. The summed E-state index contributed by atoms with van der Waals surface area (Å²) in [7, 11) is 0. The molecule has 1 aliphatic rings. The third-order valence-electron chi connectivity index (χ3n) is 3.27. The first-order valence-corrected chi connectivity index (χ1v) is 7.09. The van der Waals surface area contributed by atoms with Gasteiger partial charge in [-0.05, 0) is 43.7 Å². The molecule has 3 nitrogen and oxygen atoms in total. The van der Waals surface area contributed by atoms with Gasteiger partial charge in [-0.3, -0.25) is 4.79 Å². The van der Waals surface area contributed by atoms with E-state index in [1.165, 1.54) is 23.3 Å². The fraction of sp³-hybridized carbons (Fsp3) is 0.615. The summed E-state index contributed by atoms with van der Waals surface area (Å²) in [5.74, 6) is -0.0368. The van der Waals surface area contributed by atoms with Gasteiger partial charge in [0.25, 0.3) is 5.91 Å². The Labute approximate surface area is 106 Å². The van der Waals surface area contributed by atoms with Crippen LogP contribution in [0.5, 0.6) is 0 Å². The SMILES string of the molecule is CCC(CO)NC(=O)c1cc2c(s1)CCCC2. The zero-order valence-corrected chi connectivity index (χ0v) is 11.0. The van der Waals surface area contributed by atoms with Crippen LogP contribution in [0.15, 0.2) is 6.07 Å². The minimum atomic E-state index is -0.123. The van der Waals surface area contributed by atoms with Gasteiger partial charge in [-0.15, -0.1) is 11.3 Å². The molecule has 2 rings (SSSR count). The van der Waals surface area contributed by atoms with E-state index in [4.69, 9.17) is 5.11 Å². The molecule has 1 aliphatic carbocycles. The second-order valence-corrected chi connectivity index (χ2v) is 5.66. The maximum atomic E-state index is 12.0. The number of hydrogen-bond donors (Lipinski definition) is 2. The number of nitrogens with one attached hydrogen (secondary N) is 1. The van der Waals surface area contributed by atoms with Crippen molar-refractivity contribution in [3.05, 3.63) is 21.4 Å². The van der Waals surface area contributed by atoms with Crippen LogP contribution in [0.2, 0.25) is 0 Å². The van der Waals surface area contributed by atoms with Crippen LogP contribution in [-0.2, 0) is 12.8 Å². The van der Waals surface area contributed by atoms with E-state index in [0.29, 0.717) is 0 Å². The molecule has 2 N–H and O–H groups in total. The minimum Gasteiger partial charge on any atom is -0.394 e. The van der Waals surface area contributed by atoms with Crippen LogP contribution in [0.1, 0.15) is 46.3 Å². The number of carbonyl (C=O) groups excluding carboxylic acids is 1. The van der Waals surface area contributed by atoms with Gasteiger partial charge in [0.2, 0.25) is 0 Å². The maximum absolute atomic E-state index is 12.0. The molecule has 0 aromatic carbocycles. The lowest BCUT2D eigenvalue weighted by Crippen LogP contribution is -2.36. The molecule has 0 spiro atoms. The molecule has 94 valence electrons. The van der Waals surface area contributed by atoms with Crippen LogP contribution in [0, 0.1) is 0 Å². The number of aliphatic hydroxyl groups is 1. The molecular formula is C13H19NO2S. The van der Waals surface area contributed by atoms with Crippen molar-refractivity contribution in [2.24, 2.45) is 0 Å². The minimum absolute atomic E-state index is 0.00727. The largest absolute Gasteiger partial charge is 0.394 e. The van der Waals surface area contributed by atoms with Crippen LogP contribution < -0.4 is 5.32 Å². The predicted molar refractivity (Wildman–Crippen MR) is 69.6 cm³/mol. The Bertz CT molecular complexity index is 373. The van der Waals surface area contributed by atoms with E-state index >= 15 is 0 Å². The summed E-state index contributed by atoms with van der Waals surface area (Å²) in [6, 6.07) is 1.90. The Morgan fingerprint density at radius 3 is 2.94 bits per heavy atom. The van der Waals surface area contributed by atoms with Gasteiger partial charge in [0.15, 0.2) is 0 Å². The summed E-state index contributed by atoms with van der Waals surface area (Å²) in [6.07, 6.45) is 5.45. The van der Waals surface area contributed by atoms with Crippen LogP contribution in [0.4, 0.5) is 0 Å². The van der Waals surface area contributed by atoms with Gasteiger partial charge < -0.3 is 10.4 Å². The first-order valence-electron chi connectivity index (χ1n) is 6.28. The maximum Gasteiger partial charge on any atom is 0.261 e. The molecule has 0 bridgehead atoms. The van der Waals surface area contributed by atoms with E-state index in [2.05, 4.69) is 5.32 Å². The molecule has 1 atom stereocenters. The Kier molecular flexibility index (Phi) is 4.18. The highest BCUT2D eigenvalue weighted by atomic mass is 32.1. The first kappa shape index (κ1) is 12.6. The lowest BCUT2D eigenvalue weighted by atomic mass is 9.99. The normalized spacial score (nSPS) is 16.4. The molecule has 1 aromatic rings. The summed E-state index contributed by atoms with van der Waals surface area (Å²) >= 11 is 1.61. The Morgan fingerprint density at radius 2 is 2.29 bits per heavy atom. The lowest BCUT2D eigenvalue weighted by molar-refractivity contribution is 0.0919. The van der Waals surface area contributed by atoms with Crippen molar-refractivity contribution in [2.45, 2.75) is 45.1 Å². The number of fused-ring (bicyclic) bond motifs is 1. The van der Waals surface area contributed by atoms with Gasteiger partial charge in [-0.2, -0.15) is 0 Å². The molecule has 1 heterocycles. The van der Waals surface area contributed by atoms with Crippen molar-refractivity contribution < 1.29 is 9.90 Å². The first-order chi connectivity index (χ1) is 8.24. The van der Waals surface area contributed by atoms with Gasteiger partial charge in [-0.1, -0.05) is 6.92 Å². The fourth-order valence-electron chi connectivity index (χ4n) is 2.14. The lowest BCUT2D eigenvalue weighted by Gasteiger charge is -2.12. The molecule has 1 amide bonds. The highest BCUT2D eigenvalue weighted by molar-refractivity contribution is 7.14. The number of thiophene rings is 1. The standard InChI is InChI=1S/C13H19NO2S/c1-2-10(8-15)14-13(16)12-7-9-5-3-4-6-11(9)17-12/h7,10,15H,2-6,8H2,1H3,(H,14,16). The van der Waals surface area contributed by atoms with Gasteiger partial charge in [0, 0.05) is 4.88 Å². The number of rotatable bonds is 4. The number of carbonyl (C=O) groups is 1. The zero-order valence-electron chi connectivity index (χ0n) is 10.2.